The van der Waals surface area contributed by atoms with Crippen LogP contribution in [-0.4, -0.2) is 43.8 Å². The fraction of sp³-hybridized carbons (Fsp3) is 0.688. The molecular formula is C16H28ClN3O4S. The summed E-state index contributed by atoms with van der Waals surface area (Å²) in [6.07, 6.45) is 1.71. The quantitative estimate of drug-likeness (QED) is 0.767. The molecule has 2 heterocycles. The van der Waals surface area contributed by atoms with E-state index in [0.717, 1.165) is 12.8 Å². The standard InChI is InChI=1S/C16H27N3O4S.ClH/c1-11(2)16(4,10-17)18-15(20)13-9-14(12(3)23-13)24(21,22)19-7-5-6-8-19;/h9,11H,5-8,10,17H2,1-4H3,(H,18,20);1H. The third-order valence-corrected chi connectivity index (χ3v) is 6.88. The van der Waals surface area contributed by atoms with Crippen molar-refractivity contribution in [2.24, 2.45) is 11.7 Å². The van der Waals surface area contributed by atoms with Gasteiger partial charge in [-0.25, -0.2) is 8.42 Å². The molecule has 3 N–H and O–H groups in total. The highest BCUT2D eigenvalue weighted by Gasteiger charge is 2.34. The molecule has 9 heteroatoms. The zero-order valence-electron chi connectivity index (χ0n) is 15.2. The Morgan fingerprint density at radius 3 is 2.44 bits per heavy atom. The number of furan rings is 1. The van der Waals surface area contributed by atoms with E-state index in [1.807, 2.05) is 20.8 Å². The molecular weight excluding hydrogens is 366 g/mol. The number of hydrogen-bond acceptors (Lipinski definition) is 5. The number of carbonyl (C=O) groups excluding carboxylic acids is 1. The fourth-order valence-corrected chi connectivity index (χ4v) is 4.33. The van der Waals surface area contributed by atoms with Crippen molar-refractivity contribution in [3.05, 3.63) is 17.6 Å². The predicted molar refractivity (Wildman–Crippen MR) is 98.4 cm³/mol. The third-order valence-electron chi connectivity index (χ3n) is 4.88. The van der Waals surface area contributed by atoms with Crippen molar-refractivity contribution in [1.82, 2.24) is 9.62 Å². The number of halogens is 1. The van der Waals surface area contributed by atoms with Gasteiger partial charge in [-0.1, -0.05) is 13.8 Å². The summed E-state index contributed by atoms with van der Waals surface area (Å²) >= 11 is 0. The first-order valence-electron chi connectivity index (χ1n) is 8.25. The van der Waals surface area contributed by atoms with E-state index in [1.165, 1.54) is 10.4 Å². The van der Waals surface area contributed by atoms with Crippen molar-refractivity contribution in [3.8, 4) is 0 Å². The van der Waals surface area contributed by atoms with E-state index >= 15 is 0 Å². The second-order valence-corrected chi connectivity index (χ2v) is 8.78. The van der Waals surface area contributed by atoms with E-state index < -0.39 is 21.5 Å². The average Bonchev–Trinajstić information content (AvgIpc) is 3.16. The van der Waals surface area contributed by atoms with Crippen LogP contribution in [0.25, 0.3) is 0 Å². The molecule has 2 rings (SSSR count). The van der Waals surface area contributed by atoms with Crippen molar-refractivity contribution in [2.75, 3.05) is 19.6 Å². The van der Waals surface area contributed by atoms with Crippen molar-refractivity contribution in [3.63, 3.8) is 0 Å². The van der Waals surface area contributed by atoms with Crippen LogP contribution in [0.1, 0.15) is 49.9 Å². The Labute approximate surface area is 155 Å². The Kier molecular flexibility index (Phi) is 7.09. The van der Waals surface area contributed by atoms with Crippen LogP contribution in [0, 0.1) is 12.8 Å². The minimum Gasteiger partial charge on any atom is -0.455 e. The number of amides is 1. The van der Waals surface area contributed by atoms with Crippen LogP contribution in [0.3, 0.4) is 0 Å². The monoisotopic (exact) mass is 393 g/mol. The molecule has 0 spiro atoms. The lowest BCUT2D eigenvalue weighted by molar-refractivity contribution is 0.0853. The molecule has 144 valence electrons. The van der Waals surface area contributed by atoms with Gasteiger partial charge in [-0.2, -0.15) is 4.31 Å². The number of sulfonamides is 1. The summed E-state index contributed by atoms with van der Waals surface area (Å²) in [5.74, 6) is -0.116. The molecule has 1 amide bonds. The Morgan fingerprint density at radius 1 is 1.40 bits per heavy atom. The number of aryl methyl sites for hydroxylation is 1. The lowest BCUT2D eigenvalue weighted by Crippen LogP contribution is -2.54. The molecule has 1 aliphatic heterocycles. The van der Waals surface area contributed by atoms with Gasteiger partial charge in [0.25, 0.3) is 5.91 Å². The molecule has 0 aromatic carbocycles. The van der Waals surface area contributed by atoms with Gasteiger partial charge in [0, 0.05) is 25.7 Å². The Morgan fingerprint density at radius 2 is 1.96 bits per heavy atom. The molecule has 0 saturated carbocycles. The van der Waals surface area contributed by atoms with Crippen molar-refractivity contribution in [2.45, 2.75) is 51.0 Å². The zero-order chi connectivity index (χ0) is 18.1. The molecule has 0 bridgehead atoms. The highest BCUT2D eigenvalue weighted by Crippen LogP contribution is 2.27. The lowest BCUT2D eigenvalue weighted by atomic mass is 9.88. The van der Waals surface area contributed by atoms with Gasteiger partial charge >= 0.3 is 0 Å². The van der Waals surface area contributed by atoms with E-state index in [4.69, 9.17) is 10.2 Å². The van der Waals surface area contributed by atoms with Crippen molar-refractivity contribution < 1.29 is 17.6 Å². The van der Waals surface area contributed by atoms with Gasteiger partial charge in [-0.05, 0) is 32.6 Å². The molecule has 1 aliphatic rings. The van der Waals surface area contributed by atoms with Crippen LogP contribution in [0.2, 0.25) is 0 Å². The Balaban J connectivity index is 0.00000312. The molecule has 0 radical (unpaired) electrons. The minimum absolute atomic E-state index is 0. The smallest absolute Gasteiger partial charge is 0.287 e. The summed E-state index contributed by atoms with van der Waals surface area (Å²) in [5, 5.41) is 2.85. The number of hydrogen-bond donors (Lipinski definition) is 2. The van der Waals surface area contributed by atoms with Crippen LogP contribution in [0.15, 0.2) is 15.4 Å². The molecule has 0 aliphatic carbocycles. The highest BCUT2D eigenvalue weighted by atomic mass is 35.5. The Bertz CT molecular complexity index is 711. The van der Waals surface area contributed by atoms with Gasteiger partial charge in [-0.15, -0.1) is 12.4 Å². The van der Waals surface area contributed by atoms with E-state index in [-0.39, 0.29) is 41.3 Å². The maximum Gasteiger partial charge on any atom is 0.287 e. The minimum atomic E-state index is -3.61. The molecule has 1 aromatic rings. The predicted octanol–water partition coefficient (Wildman–Crippen LogP) is 1.90. The maximum atomic E-state index is 12.7. The number of nitrogens with two attached hydrogens (primary N) is 1. The molecule has 1 aromatic heterocycles. The van der Waals surface area contributed by atoms with Gasteiger partial charge in [-0.3, -0.25) is 4.79 Å². The van der Waals surface area contributed by atoms with Crippen LogP contribution < -0.4 is 11.1 Å². The van der Waals surface area contributed by atoms with Crippen LogP contribution in [0.4, 0.5) is 0 Å². The SMILES string of the molecule is Cc1oc(C(=O)NC(C)(CN)C(C)C)cc1S(=O)(=O)N1CCCC1.Cl. The summed E-state index contributed by atoms with van der Waals surface area (Å²) in [6.45, 7) is 8.63. The molecule has 1 saturated heterocycles. The maximum absolute atomic E-state index is 12.7. The molecule has 7 nitrogen and oxygen atoms in total. The molecule has 25 heavy (non-hydrogen) atoms. The summed E-state index contributed by atoms with van der Waals surface area (Å²) in [7, 11) is -3.61. The number of nitrogens with one attached hydrogen (secondary N) is 1. The zero-order valence-corrected chi connectivity index (χ0v) is 16.8. The fourth-order valence-electron chi connectivity index (χ4n) is 2.65. The van der Waals surface area contributed by atoms with Crippen LogP contribution in [0.5, 0.6) is 0 Å². The number of carbonyl (C=O) groups is 1. The lowest BCUT2D eigenvalue weighted by Gasteiger charge is -2.33. The van der Waals surface area contributed by atoms with Gasteiger partial charge in [0.05, 0.1) is 5.54 Å². The summed E-state index contributed by atoms with van der Waals surface area (Å²) in [6, 6.07) is 1.32. The number of nitrogens with zero attached hydrogens (tertiary/aromatic N) is 1. The van der Waals surface area contributed by atoms with Gasteiger partial charge < -0.3 is 15.5 Å². The Hall–Kier alpha value is -1.09. The summed E-state index contributed by atoms with van der Waals surface area (Å²) in [4.78, 5) is 12.5. The van der Waals surface area contributed by atoms with Gasteiger partial charge in [0.2, 0.25) is 10.0 Å². The number of rotatable bonds is 6. The van der Waals surface area contributed by atoms with Crippen LogP contribution in [-0.2, 0) is 10.0 Å². The summed E-state index contributed by atoms with van der Waals surface area (Å²) in [5.41, 5.74) is 5.18. The first kappa shape index (κ1) is 22.0. The topological polar surface area (TPSA) is 106 Å². The van der Waals surface area contributed by atoms with E-state index in [1.54, 1.807) is 6.92 Å². The average molecular weight is 394 g/mol. The van der Waals surface area contributed by atoms with E-state index in [9.17, 15) is 13.2 Å². The van der Waals surface area contributed by atoms with Crippen LogP contribution >= 0.6 is 12.4 Å². The molecule has 1 unspecified atom stereocenters. The largest absolute Gasteiger partial charge is 0.455 e. The second-order valence-electron chi connectivity index (χ2n) is 6.87. The van der Waals surface area contributed by atoms with Gasteiger partial charge in [0.15, 0.2) is 5.76 Å². The summed E-state index contributed by atoms with van der Waals surface area (Å²) < 4.78 is 32.2. The van der Waals surface area contributed by atoms with Crippen molar-refractivity contribution in [1.29, 1.82) is 0 Å². The van der Waals surface area contributed by atoms with Crippen molar-refractivity contribution >= 4 is 28.3 Å². The van der Waals surface area contributed by atoms with Gasteiger partial charge in [0.1, 0.15) is 10.7 Å². The highest BCUT2D eigenvalue weighted by molar-refractivity contribution is 7.89. The molecule has 1 atom stereocenters. The molecule has 1 fully saturated rings. The normalized spacial score (nSPS) is 18.0. The van der Waals surface area contributed by atoms with E-state index in [2.05, 4.69) is 5.32 Å². The third kappa shape index (κ3) is 4.36. The first-order chi connectivity index (χ1) is 11.1. The first-order valence-corrected chi connectivity index (χ1v) is 9.69. The second kappa shape index (κ2) is 8.07. The van der Waals surface area contributed by atoms with E-state index in [0.29, 0.717) is 13.1 Å².